The number of sulfonamides is 1. The van der Waals surface area contributed by atoms with E-state index in [9.17, 15) is 13.5 Å². The lowest BCUT2D eigenvalue weighted by Gasteiger charge is -2.20. The van der Waals surface area contributed by atoms with E-state index in [-0.39, 0.29) is 17.4 Å². The molecule has 0 amide bonds. The zero-order valence-corrected chi connectivity index (χ0v) is 14.0. The van der Waals surface area contributed by atoms with Crippen LogP contribution in [0, 0.1) is 5.92 Å². The Labute approximate surface area is 124 Å². The van der Waals surface area contributed by atoms with Crippen molar-refractivity contribution in [2.75, 3.05) is 6.61 Å². The summed E-state index contributed by atoms with van der Waals surface area (Å²) in [4.78, 5) is 0.157. The third kappa shape index (κ3) is 4.03. The molecule has 102 valence electrons. The molecular weight excluding hydrogens is 386 g/mol. The van der Waals surface area contributed by atoms with Crippen molar-refractivity contribution in [2.24, 2.45) is 5.92 Å². The van der Waals surface area contributed by atoms with E-state index < -0.39 is 16.1 Å². The van der Waals surface area contributed by atoms with Gasteiger partial charge in [0.1, 0.15) is 0 Å². The van der Waals surface area contributed by atoms with Gasteiger partial charge in [-0.15, -0.1) is 0 Å². The molecule has 18 heavy (non-hydrogen) atoms. The van der Waals surface area contributed by atoms with Crippen LogP contribution in [0.5, 0.6) is 0 Å². The third-order valence-corrected chi connectivity index (χ3v) is 5.45. The summed E-state index contributed by atoms with van der Waals surface area (Å²) in [6, 6.07) is 4.33. The molecule has 0 aromatic heterocycles. The topological polar surface area (TPSA) is 66.4 Å². The Morgan fingerprint density at radius 1 is 1.33 bits per heavy atom. The van der Waals surface area contributed by atoms with Crippen molar-refractivity contribution in [1.82, 2.24) is 4.72 Å². The van der Waals surface area contributed by atoms with Crippen molar-refractivity contribution in [1.29, 1.82) is 0 Å². The van der Waals surface area contributed by atoms with Gasteiger partial charge in [0, 0.05) is 15.0 Å². The molecule has 0 saturated heterocycles. The van der Waals surface area contributed by atoms with Crippen LogP contribution in [0.3, 0.4) is 0 Å². The van der Waals surface area contributed by atoms with E-state index in [0.29, 0.717) is 4.47 Å². The fraction of sp³-hybridized carbons (Fsp3) is 0.455. The second-order valence-electron chi connectivity index (χ2n) is 4.23. The summed E-state index contributed by atoms with van der Waals surface area (Å²) in [6.07, 6.45) is 0. The van der Waals surface area contributed by atoms with E-state index in [4.69, 9.17) is 0 Å². The van der Waals surface area contributed by atoms with Crippen LogP contribution in [0.4, 0.5) is 0 Å². The van der Waals surface area contributed by atoms with E-state index in [0.717, 1.165) is 4.47 Å². The maximum absolute atomic E-state index is 12.2. The highest BCUT2D eigenvalue weighted by Gasteiger charge is 2.23. The van der Waals surface area contributed by atoms with Crippen LogP contribution in [0.2, 0.25) is 0 Å². The molecule has 0 bridgehead atoms. The van der Waals surface area contributed by atoms with Crippen LogP contribution in [0.15, 0.2) is 32.0 Å². The molecule has 0 aliphatic rings. The molecule has 0 saturated carbocycles. The predicted molar refractivity (Wildman–Crippen MR) is 77.9 cm³/mol. The molecule has 0 heterocycles. The molecule has 1 rings (SSSR count). The average Bonchev–Trinajstić information content (AvgIpc) is 2.24. The van der Waals surface area contributed by atoms with Gasteiger partial charge in [-0.25, -0.2) is 13.1 Å². The molecule has 1 aromatic rings. The summed E-state index contributed by atoms with van der Waals surface area (Å²) in [7, 11) is -3.64. The monoisotopic (exact) mass is 399 g/mol. The number of nitrogens with one attached hydrogen (secondary N) is 1. The van der Waals surface area contributed by atoms with Gasteiger partial charge in [-0.05, 0) is 40.0 Å². The van der Waals surface area contributed by atoms with Gasteiger partial charge in [-0.2, -0.15) is 0 Å². The Hall–Kier alpha value is 0.0500. The largest absolute Gasteiger partial charge is 0.395 e. The van der Waals surface area contributed by atoms with Crippen LogP contribution < -0.4 is 4.72 Å². The molecule has 0 aliphatic carbocycles. The smallest absolute Gasteiger partial charge is 0.242 e. The highest BCUT2D eigenvalue weighted by atomic mass is 79.9. The Morgan fingerprint density at radius 3 is 2.39 bits per heavy atom. The van der Waals surface area contributed by atoms with Crippen molar-refractivity contribution in [3.63, 3.8) is 0 Å². The van der Waals surface area contributed by atoms with Crippen molar-refractivity contribution in [2.45, 2.75) is 24.8 Å². The van der Waals surface area contributed by atoms with Crippen molar-refractivity contribution in [3.05, 3.63) is 27.1 Å². The quantitative estimate of drug-likeness (QED) is 0.797. The van der Waals surface area contributed by atoms with E-state index in [1.165, 1.54) is 6.07 Å². The summed E-state index contributed by atoms with van der Waals surface area (Å²) in [5.41, 5.74) is 0. The minimum atomic E-state index is -3.64. The predicted octanol–water partition coefficient (Wildman–Crippen LogP) is 2.51. The van der Waals surface area contributed by atoms with Gasteiger partial charge in [-0.3, -0.25) is 0 Å². The van der Waals surface area contributed by atoms with E-state index in [2.05, 4.69) is 36.6 Å². The van der Waals surface area contributed by atoms with Gasteiger partial charge < -0.3 is 5.11 Å². The normalized spacial score (nSPS) is 13.9. The van der Waals surface area contributed by atoms with E-state index in [1.54, 1.807) is 12.1 Å². The number of hydrogen-bond acceptors (Lipinski definition) is 3. The summed E-state index contributed by atoms with van der Waals surface area (Å²) >= 11 is 6.49. The van der Waals surface area contributed by atoms with E-state index >= 15 is 0 Å². The Balaban J connectivity index is 3.06. The number of hydrogen-bond donors (Lipinski definition) is 2. The van der Waals surface area contributed by atoms with Crippen LogP contribution >= 0.6 is 31.9 Å². The van der Waals surface area contributed by atoms with Crippen LogP contribution in [0.25, 0.3) is 0 Å². The second kappa shape index (κ2) is 6.47. The maximum atomic E-state index is 12.2. The average molecular weight is 401 g/mol. The van der Waals surface area contributed by atoms with Gasteiger partial charge >= 0.3 is 0 Å². The lowest BCUT2D eigenvalue weighted by molar-refractivity contribution is 0.227. The lowest BCUT2D eigenvalue weighted by atomic mass is 10.1. The highest BCUT2D eigenvalue weighted by Crippen LogP contribution is 2.26. The Kier molecular flexibility index (Phi) is 5.79. The van der Waals surface area contributed by atoms with Crippen LogP contribution in [0.1, 0.15) is 13.8 Å². The molecule has 1 aromatic carbocycles. The summed E-state index contributed by atoms with van der Waals surface area (Å²) < 4.78 is 28.1. The SMILES string of the molecule is CC(C)[C@@H](CO)NS(=O)(=O)c1ccc(Br)cc1Br. The zero-order valence-electron chi connectivity index (χ0n) is 10.0. The van der Waals surface area contributed by atoms with Gasteiger partial charge in [0.15, 0.2) is 0 Å². The fourth-order valence-corrected chi connectivity index (χ4v) is 4.46. The zero-order chi connectivity index (χ0) is 13.9. The first-order chi connectivity index (χ1) is 8.27. The number of benzene rings is 1. The molecule has 7 heteroatoms. The number of halogens is 2. The molecule has 1 atom stereocenters. The van der Waals surface area contributed by atoms with Gasteiger partial charge in [-0.1, -0.05) is 29.8 Å². The fourth-order valence-electron chi connectivity index (χ4n) is 1.34. The second-order valence-corrected chi connectivity index (χ2v) is 7.68. The van der Waals surface area contributed by atoms with Crippen LogP contribution in [-0.4, -0.2) is 26.2 Å². The molecule has 2 N–H and O–H groups in total. The van der Waals surface area contributed by atoms with Crippen molar-refractivity contribution in [3.8, 4) is 0 Å². The molecule has 0 spiro atoms. The van der Waals surface area contributed by atoms with Crippen LogP contribution in [-0.2, 0) is 10.0 Å². The number of aliphatic hydroxyl groups is 1. The standard InChI is InChI=1S/C11H15Br2NO3S/c1-7(2)10(6-15)14-18(16,17)11-4-3-8(12)5-9(11)13/h3-5,7,10,14-15H,6H2,1-2H3/t10-/m1/s1. The van der Waals surface area contributed by atoms with Gasteiger partial charge in [0.05, 0.1) is 11.5 Å². The minimum absolute atomic E-state index is 0.0130. The maximum Gasteiger partial charge on any atom is 0.242 e. The first-order valence-corrected chi connectivity index (χ1v) is 8.43. The highest BCUT2D eigenvalue weighted by molar-refractivity contribution is 9.11. The Bertz CT molecular complexity index is 517. The minimum Gasteiger partial charge on any atom is -0.395 e. The number of rotatable bonds is 5. The summed E-state index contributed by atoms with van der Waals surface area (Å²) in [5, 5.41) is 9.17. The number of aliphatic hydroxyl groups excluding tert-OH is 1. The first-order valence-electron chi connectivity index (χ1n) is 5.36. The van der Waals surface area contributed by atoms with Gasteiger partial charge in [0.2, 0.25) is 10.0 Å². The molecule has 0 unspecified atom stereocenters. The Morgan fingerprint density at radius 2 is 1.94 bits per heavy atom. The first kappa shape index (κ1) is 16.1. The molecule has 0 aliphatic heterocycles. The molecule has 0 fully saturated rings. The third-order valence-electron chi connectivity index (χ3n) is 2.49. The molecule has 4 nitrogen and oxygen atoms in total. The lowest BCUT2D eigenvalue weighted by Crippen LogP contribution is -2.41. The molecule has 0 radical (unpaired) electrons. The summed E-state index contributed by atoms with van der Waals surface area (Å²) in [6.45, 7) is 3.46. The summed E-state index contributed by atoms with van der Waals surface area (Å²) in [5.74, 6) is 0.0130. The van der Waals surface area contributed by atoms with Gasteiger partial charge in [0.25, 0.3) is 0 Å². The molecular formula is C11H15Br2NO3S. The van der Waals surface area contributed by atoms with E-state index in [1.807, 2.05) is 13.8 Å². The van der Waals surface area contributed by atoms with Crippen molar-refractivity contribution >= 4 is 41.9 Å². The van der Waals surface area contributed by atoms with Crippen molar-refractivity contribution < 1.29 is 13.5 Å².